The highest BCUT2D eigenvalue weighted by molar-refractivity contribution is 9.10. The first-order valence-corrected chi connectivity index (χ1v) is 8.47. The standard InChI is InChI=1S/C14H15BrN2O3S/c1-14(2,10-3-5-11(15)6-4-10)17-21(19,20)12-7-8-13(18)16-9-12/h3-9,17H,1-2H3,(H,16,18). The third-order valence-corrected chi connectivity index (χ3v) is 5.20. The van der Waals surface area contributed by atoms with E-state index in [0.29, 0.717) is 0 Å². The highest BCUT2D eigenvalue weighted by Gasteiger charge is 2.27. The fourth-order valence-electron chi connectivity index (χ4n) is 1.88. The van der Waals surface area contributed by atoms with Crippen LogP contribution in [-0.2, 0) is 15.6 Å². The first-order chi connectivity index (χ1) is 9.71. The number of rotatable bonds is 4. The molecule has 0 spiro atoms. The highest BCUT2D eigenvalue weighted by atomic mass is 79.9. The first kappa shape index (κ1) is 15.9. The highest BCUT2D eigenvalue weighted by Crippen LogP contribution is 2.24. The molecular weight excluding hydrogens is 356 g/mol. The van der Waals surface area contributed by atoms with Crippen LogP contribution in [0.1, 0.15) is 19.4 Å². The van der Waals surface area contributed by atoms with Gasteiger partial charge >= 0.3 is 0 Å². The second-order valence-electron chi connectivity index (χ2n) is 5.13. The summed E-state index contributed by atoms with van der Waals surface area (Å²) in [5, 5.41) is 0. The molecule has 0 aliphatic heterocycles. The monoisotopic (exact) mass is 370 g/mol. The van der Waals surface area contributed by atoms with E-state index in [1.165, 1.54) is 18.3 Å². The molecule has 0 atom stereocenters. The molecule has 0 amide bonds. The van der Waals surface area contributed by atoms with Gasteiger partial charge in [-0.3, -0.25) is 4.79 Å². The largest absolute Gasteiger partial charge is 0.328 e. The van der Waals surface area contributed by atoms with Crippen LogP contribution >= 0.6 is 15.9 Å². The lowest BCUT2D eigenvalue weighted by atomic mass is 9.96. The molecule has 0 aliphatic rings. The molecule has 112 valence electrons. The summed E-state index contributed by atoms with van der Waals surface area (Å²) in [6.45, 7) is 3.55. The summed E-state index contributed by atoms with van der Waals surface area (Å²) in [5.74, 6) is 0. The van der Waals surface area contributed by atoms with Crippen molar-refractivity contribution in [1.82, 2.24) is 9.71 Å². The van der Waals surface area contributed by atoms with Crippen LogP contribution < -0.4 is 10.3 Å². The molecule has 21 heavy (non-hydrogen) atoms. The summed E-state index contributed by atoms with van der Waals surface area (Å²) < 4.78 is 28.3. The van der Waals surface area contributed by atoms with Crippen molar-refractivity contribution in [3.8, 4) is 0 Å². The third kappa shape index (κ3) is 3.81. The molecule has 0 saturated heterocycles. The second-order valence-corrected chi connectivity index (χ2v) is 7.72. The zero-order valence-corrected chi connectivity index (χ0v) is 14.0. The van der Waals surface area contributed by atoms with Gasteiger partial charge in [0.15, 0.2) is 0 Å². The van der Waals surface area contributed by atoms with Crippen LogP contribution in [0.15, 0.2) is 56.8 Å². The van der Waals surface area contributed by atoms with Gasteiger partial charge in [-0.2, -0.15) is 0 Å². The van der Waals surface area contributed by atoms with Gasteiger partial charge in [-0.1, -0.05) is 28.1 Å². The molecule has 1 aromatic heterocycles. The fourth-order valence-corrected chi connectivity index (χ4v) is 3.52. The van der Waals surface area contributed by atoms with Crippen LogP contribution in [0.25, 0.3) is 0 Å². The Morgan fingerprint density at radius 1 is 1.10 bits per heavy atom. The minimum absolute atomic E-state index is 0.0206. The maximum absolute atomic E-state index is 12.4. The van der Waals surface area contributed by atoms with Gasteiger partial charge in [0.1, 0.15) is 0 Å². The van der Waals surface area contributed by atoms with Crippen LogP contribution in [0.3, 0.4) is 0 Å². The molecule has 0 fully saturated rings. The van der Waals surface area contributed by atoms with Gasteiger partial charge in [0.2, 0.25) is 15.6 Å². The van der Waals surface area contributed by atoms with Gasteiger partial charge in [-0.05, 0) is 37.6 Å². The number of halogens is 1. The molecule has 0 bridgehead atoms. The van der Waals surface area contributed by atoms with E-state index in [1.54, 1.807) is 13.8 Å². The van der Waals surface area contributed by atoms with Gasteiger partial charge < -0.3 is 4.98 Å². The van der Waals surface area contributed by atoms with E-state index in [2.05, 4.69) is 25.6 Å². The van der Waals surface area contributed by atoms with E-state index >= 15 is 0 Å². The zero-order valence-electron chi connectivity index (χ0n) is 11.6. The number of hydrogen-bond acceptors (Lipinski definition) is 3. The predicted octanol–water partition coefficient (Wildman–Crippen LogP) is 2.35. The number of hydrogen-bond donors (Lipinski definition) is 2. The number of aromatic nitrogens is 1. The number of H-pyrrole nitrogens is 1. The third-order valence-electron chi connectivity index (χ3n) is 3.02. The number of benzene rings is 1. The number of sulfonamides is 1. The van der Waals surface area contributed by atoms with Crippen LogP contribution in [0, 0.1) is 0 Å². The predicted molar refractivity (Wildman–Crippen MR) is 84.6 cm³/mol. The molecule has 2 aromatic rings. The van der Waals surface area contributed by atoms with E-state index in [9.17, 15) is 13.2 Å². The summed E-state index contributed by atoms with van der Waals surface area (Å²) in [6.07, 6.45) is 1.18. The molecule has 0 saturated carbocycles. The molecule has 0 radical (unpaired) electrons. The lowest BCUT2D eigenvalue weighted by molar-refractivity contribution is 0.472. The fraction of sp³-hybridized carbons (Fsp3) is 0.214. The van der Waals surface area contributed by atoms with Crippen molar-refractivity contribution in [2.75, 3.05) is 0 Å². The topological polar surface area (TPSA) is 79.0 Å². The smallest absolute Gasteiger partial charge is 0.247 e. The van der Waals surface area contributed by atoms with E-state index in [1.807, 2.05) is 24.3 Å². The van der Waals surface area contributed by atoms with Gasteiger partial charge in [0, 0.05) is 16.7 Å². The van der Waals surface area contributed by atoms with E-state index in [0.717, 1.165) is 10.0 Å². The van der Waals surface area contributed by atoms with E-state index in [-0.39, 0.29) is 10.5 Å². The number of aromatic amines is 1. The second kappa shape index (κ2) is 5.75. The van der Waals surface area contributed by atoms with Gasteiger partial charge in [0.05, 0.1) is 10.4 Å². The first-order valence-electron chi connectivity index (χ1n) is 6.19. The number of pyridine rings is 1. The maximum Gasteiger partial charge on any atom is 0.247 e. The Bertz CT molecular complexity index is 775. The zero-order chi connectivity index (χ0) is 15.7. The van der Waals surface area contributed by atoms with E-state index < -0.39 is 15.6 Å². The Morgan fingerprint density at radius 3 is 2.24 bits per heavy atom. The summed E-state index contributed by atoms with van der Waals surface area (Å²) >= 11 is 3.34. The van der Waals surface area contributed by atoms with Crippen molar-refractivity contribution in [3.63, 3.8) is 0 Å². The van der Waals surface area contributed by atoms with Gasteiger partial charge in [-0.15, -0.1) is 0 Å². The number of nitrogens with one attached hydrogen (secondary N) is 2. The van der Waals surface area contributed by atoms with Crippen molar-refractivity contribution in [2.45, 2.75) is 24.3 Å². The molecular formula is C14H15BrN2O3S. The van der Waals surface area contributed by atoms with Crippen LogP contribution in [0.2, 0.25) is 0 Å². The Morgan fingerprint density at radius 2 is 1.71 bits per heavy atom. The summed E-state index contributed by atoms with van der Waals surface area (Å²) in [7, 11) is -3.72. The SMILES string of the molecule is CC(C)(NS(=O)(=O)c1ccc(=O)[nH]c1)c1ccc(Br)cc1. The van der Waals surface area contributed by atoms with Crippen molar-refractivity contribution < 1.29 is 8.42 Å². The Labute approximate surface area is 131 Å². The lowest BCUT2D eigenvalue weighted by Gasteiger charge is -2.26. The van der Waals surface area contributed by atoms with Crippen molar-refractivity contribution >= 4 is 26.0 Å². The minimum atomic E-state index is -3.72. The molecule has 7 heteroatoms. The van der Waals surface area contributed by atoms with Crippen molar-refractivity contribution in [3.05, 3.63) is 63.0 Å². The van der Waals surface area contributed by atoms with Gasteiger partial charge in [0.25, 0.3) is 0 Å². The normalized spacial score (nSPS) is 12.3. The van der Waals surface area contributed by atoms with E-state index in [4.69, 9.17) is 0 Å². The Balaban J connectivity index is 2.32. The van der Waals surface area contributed by atoms with Crippen molar-refractivity contribution in [1.29, 1.82) is 0 Å². The van der Waals surface area contributed by atoms with Crippen molar-refractivity contribution in [2.24, 2.45) is 0 Å². The summed E-state index contributed by atoms with van der Waals surface area (Å²) in [6, 6.07) is 9.86. The van der Waals surface area contributed by atoms with Crippen LogP contribution in [0.4, 0.5) is 0 Å². The minimum Gasteiger partial charge on any atom is -0.328 e. The maximum atomic E-state index is 12.4. The van der Waals surface area contributed by atoms with Crippen LogP contribution in [0.5, 0.6) is 0 Å². The average Bonchev–Trinajstić information content (AvgIpc) is 2.38. The average molecular weight is 371 g/mol. The molecule has 1 heterocycles. The summed E-state index contributed by atoms with van der Waals surface area (Å²) in [5.41, 5.74) is -0.296. The summed E-state index contributed by atoms with van der Waals surface area (Å²) in [4.78, 5) is 13.4. The molecule has 5 nitrogen and oxygen atoms in total. The molecule has 2 rings (SSSR count). The van der Waals surface area contributed by atoms with Gasteiger partial charge in [-0.25, -0.2) is 13.1 Å². The quantitative estimate of drug-likeness (QED) is 0.866. The van der Waals surface area contributed by atoms with Crippen LogP contribution in [-0.4, -0.2) is 13.4 Å². The lowest BCUT2D eigenvalue weighted by Crippen LogP contribution is -2.41. The molecule has 0 aliphatic carbocycles. The molecule has 1 aromatic carbocycles. The molecule has 2 N–H and O–H groups in total. The Kier molecular flexibility index (Phi) is 4.36. The molecule has 0 unspecified atom stereocenters. The Hall–Kier alpha value is -1.44.